The van der Waals surface area contributed by atoms with Gasteiger partial charge in [0.25, 0.3) is 5.89 Å². The van der Waals surface area contributed by atoms with Gasteiger partial charge in [-0.15, -0.1) is 0 Å². The predicted molar refractivity (Wildman–Crippen MR) is 69.2 cm³/mol. The molecular formula is C14H16FN3O. The molecule has 4 nitrogen and oxygen atoms in total. The van der Waals surface area contributed by atoms with E-state index in [1.807, 2.05) is 0 Å². The number of benzene rings is 1. The summed E-state index contributed by atoms with van der Waals surface area (Å²) in [5, 5.41) is 4.07. The van der Waals surface area contributed by atoms with Gasteiger partial charge in [0.05, 0.1) is 0 Å². The second-order valence-electron chi connectivity index (χ2n) is 5.04. The molecule has 1 aliphatic rings. The topological polar surface area (TPSA) is 42.2 Å². The number of nitrogens with zero attached hydrogens (tertiary/aromatic N) is 3. The Labute approximate surface area is 111 Å². The zero-order valence-corrected chi connectivity index (χ0v) is 10.8. The lowest BCUT2D eigenvalue weighted by Crippen LogP contribution is -2.29. The number of halogens is 1. The molecule has 0 spiro atoms. The second kappa shape index (κ2) is 5.09. The van der Waals surface area contributed by atoms with E-state index in [1.165, 1.54) is 12.1 Å². The molecule has 2 aromatic rings. The lowest BCUT2D eigenvalue weighted by atomic mass is 9.96. The summed E-state index contributed by atoms with van der Waals surface area (Å²) in [6.07, 6.45) is 2.11. The van der Waals surface area contributed by atoms with Crippen LogP contribution >= 0.6 is 0 Å². The maximum atomic E-state index is 12.9. The van der Waals surface area contributed by atoms with Gasteiger partial charge in [-0.25, -0.2) is 4.39 Å². The molecular weight excluding hydrogens is 245 g/mol. The number of hydrogen-bond acceptors (Lipinski definition) is 4. The summed E-state index contributed by atoms with van der Waals surface area (Å²) in [7, 11) is 2.12. The minimum Gasteiger partial charge on any atom is -0.334 e. The molecule has 19 heavy (non-hydrogen) atoms. The maximum Gasteiger partial charge on any atom is 0.257 e. The third-order valence-electron chi connectivity index (χ3n) is 3.62. The van der Waals surface area contributed by atoms with Crippen molar-refractivity contribution in [3.8, 4) is 11.5 Å². The quantitative estimate of drug-likeness (QED) is 0.833. The molecule has 0 radical (unpaired) electrons. The summed E-state index contributed by atoms with van der Waals surface area (Å²) < 4.78 is 18.1. The van der Waals surface area contributed by atoms with Gasteiger partial charge >= 0.3 is 0 Å². The van der Waals surface area contributed by atoms with Crippen LogP contribution in [0.2, 0.25) is 0 Å². The Hall–Kier alpha value is -1.75. The normalized spacial score (nSPS) is 17.8. The smallest absolute Gasteiger partial charge is 0.257 e. The van der Waals surface area contributed by atoms with E-state index in [2.05, 4.69) is 22.1 Å². The zero-order valence-electron chi connectivity index (χ0n) is 10.8. The van der Waals surface area contributed by atoms with E-state index in [1.54, 1.807) is 12.1 Å². The van der Waals surface area contributed by atoms with Crippen LogP contribution in [0.5, 0.6) is 0 Å². The molecule has 1 fully saturated rings. The van der Waals surface area contributed by atoms with E-state index in [0.29, 0.717) is 11.8 Å². The molecule has 5 heteroatoms. The number of piperidine rings is 1. The highest BCUT2D eigenvalue weighted by molar-refractivity contribution is 5.52. The van der Waals surface area contributed by atoms with Crippen LogP contribution in [-0.2, 0) is 0 Å². The van der Waals surface area contributed by atoms with Gasteiger partial charge in [-0.3, -0.25) is 0 Å². The van der Waals surface area contributed by atoms with Gasteiger partial charge in [-0.2, -0.15) is 4.98 Å². The molecule has 0 bridgehead atoms. The van der Waals surface area contributed by atoms with Gasteiger partial charge in [0.15, 0.2) is 5.82 Å². The predicted octanol–water partition coefficient (Wildman–Crippen LogP) is 2.68. The third kappa shape index (κ3) is 2.66. The molecule has 1 aromatic carbocycles. The summed E-state index contributed by atoms with van der Waals surface area (Å²) in [6, 6.07) is 6.10. The molecule has 0 aliphatic carbocycles. The van der Waals surface area contributed by atoms with E-state index >= 15 is 0 Å². The van der Waals surface area contributed by atoms with Crippen LogP contribution in [0, 0.1) is 5.82 Å². The van der Waals surface area contributed by atoms with Crippen molar-refractivity contribution in [3.05, 3.63) is 35.9 Å². The Kier molecular flexibility index (Phi) is 3.29. The largest absolute Gasteiger partial charge is 0.334 e. The first-order chi connectivity index (χ1) is 9.22. The van der Waals surface area contributed by atoms with Crippen LogP contribution in [0.3, 0.4) is 0 Å². The average Bonchev–Trinajstić information content (AvgIpc) is 2.90. The fourth-order valence-electron chi connectivity index (χ4n) is 2.38. The van der Waals surface area contributed by atoms with Gasteiger partial charge in [0.1, 0.15) is 5.82 Å². The fourth-order valence-corrected chi connectivity index (χ4v) is 2.38. The average molecular weight is 261 g/mol. The minimum atomic E-state index is -0.265. The van der Waals surface area contributed by atoms with Gasteiger partial charge in [-0.1, -0.05) is 5.16 Å². The first-order valence-electron chi connectivity index (χ1n) is 6.50. The Morgan fingerprint density at radius 3 is 2.58 bits per heavy atom. The lowest BCUT2D eigenvalue weighted by molar-refractivity contribution is 0.248. The molecule has 1 aliphatic heterocycles. The summed E-state index contributed by atoms with van der Waals surface area (Å²) in [4.78, 5) is 6.74. The molecule has 0 amide bonds. The Bertz CT molecular complexity index is 544. The van der Waals surface area contributed by atoms with Crippen LogP contribution in [0.4, 0.5) is 4.39 Å². The SMILES string of the molecule is CN1CCC(c2noc(-c3ccc(F)cc3)n2)CC1. The number of aromatic nitrogens is 2. The van der Waals surface area contributed by atoms with Crippen molar-refractivity contribution in [3.63, 3.8) is 0 Å². The van der Waals surface area contributed by atoms with Gasteiger partial charge in [0.2, 0.25) is 0 Å². The summed E-state index contributed by atoms with van der Waals surface area (Å²) in [5.74, 6) is 1.34. The summed E-state index contributed by atoms with van der Waals surface area (Å²) >= 11 is 0. The highest BCUT2D eigenvalue weighted by Crippen LogP contribution is 2.27. The number of likely N-dealkylation sites (tertiary alicyclic amines) is 1. The van der Waals surface area contributed by atoms with Crippen molar-refractivity contribution in [2.24, 2.45) is 0 Å². The fraction of sp³-hybridized carbons (Fsp3) is 0.429. The van der Waals surface area contributed by atoms with E-state index < -0.39 is 0 Å². The summed E-state index contributed by atoms with van der Waals surface area (Å²) in [6.45, 7) is 2.12. The van der Waals surface area contributed by atoms with Crippen LogP contribution < -0.4 is 0 Å². The zero-order chi connectivity index (χ0) is 13.2. The first kappa shape index (κ1) is 12.3. The number of rotatable bonds is 2. The standard InChI is InChI=1S/C14H16FN3O/c1-18-8-6-10(7-9-18)13-16-14(19-17-13)11-2-4-12(15)5-3-11/h2-5,10H,6-9H2,1H3. The Morgan fingerprint density at radius 2 is 1.89 bits per heavy atom. The van der Waals surface area contributed by atoms with Crippen molar-refractivity contribution >= 4 is 0 Å². The molecule has 0 unspecified atom stereocenters. The van der Waals surface area contributed by atoms with Crippen molar-refractivity contribution < 1.29 is 8.91 Å². The molecule has 0 N–H and O–H groups in total. The minimum absolute atomic E-state index is 0.265. The lowest BCUT2D eigenvalue weighted by Gasteiger charge is -2.26. The molecule has 1 saturated heterocycles. The maximum absolute atomic E-state index is 12.9. The Morgan fingerprint density at radius 1 is 1.21 bits per heavy atom. The van der Waals surface area contributed by atoms with E-state index in [9.17, 15) is 4.39 Å². The Balaban J connectivity index is 1.77. The van der Waals surface area contributed by atoms with Crippen molar-refractivity contribution in [2.75, 3.05) is 20.1 Å². The van der Waals surface area contributed by atoms with Crippen LogP contribution in [0.1, 0.15) is 24.6 Å². The molecule has 3 rings (SSSR count). The monoisotopic (exact) mass is 261 g/mol. The highest BCUT2D eigenvalue weighted by Gasteiger charge is 2.23. The van der Waals surface area contributed by atoms with Crippen molar-refractivity contribution in [1.82, 2.24) is 15.0 Å². The molecule has 0 atom stereocenters. The summed E-state index contributed by atoms with van der Waals surface area (Å²) in [5.41, 5.74) is 0.757. The second-order valence-corrected chi connectivity index (χ2v) is 5.04. The molecule has 2 heterocycles. The number of hydrogen-bond donors (Lipinski definition) is 0. The van der Waals surface area contributed by atoms with E-state index in [0.717, 1.165) is 37.3 Å². The third-order valence-corrected chi connectivity index (χ3v) is 3.62. The van der Waals surface area contributed by atoms with Gasteiger partial charge < -0.3 is 9.42 Å². The van der Waals surface area contributed by atoms with Gasteiger partial charge in [-0.05, 0) is 57.2 Å². The van der Waals surface area contributed by atoms with Crippen LogP contribution in [-0.4, -0.2) is 35.2 Å². The van der Waals surface area contributed by atoms with Crippen molar-refractivity contribution in [2.45, 2.75) is 18.8 Å². The van der Waals surface area contributed by atoms with Gasteiger partial charge in [0, 0.05) is 11.5 Å². The molecule has 1 aromatic heterocycles. The van der Waals surface area contributed by atoms with Crippen molar-refractivity contribution in [1.29, 1.82) is 0 Å². The van der Waals surface area contributed by atoms with E-state index in [-0.39, 0.29) is 5.82 Å². The van der Waals surface area contributed by atoms with Crippen LogP contribution in [0.25, 0.3) is 11.5 Å². The van der Waals surface area contributed by atoms with Crippen LogP contribution in [0.15, 0.2) is 28.8 Å². The molecule has 100 valence electrons. The molecule has 0 saturated carbocycles. The highest BCUT2D eigenvalue weighted by atomic mass is 19.1. The first-order valence-corrected chi connectivity index (χ1v) is 6.50. The van der Waals surface area contributed by atoms with E-state index in [4.69, 9.17) is 4.52 Å².